The Bertz CT molecular complexity index is 522. The van der Waals surface area contributed by atoms with E-state index in [1.54, 1.807) is 17.4 Å². The number of rotatable bonds is 3. The Morgan fingerprint density at radius 2 is 2.00 bits per heavy atom. The highest BCUT2D eigenvalue weighted by atomic mass is 79.9. The van der Waals surface area contributed by atoms with Crippen LogP contribution in [0.3, 0.4) is 0 Å². The van der Waals surface area contributed by atoms with Gasteiger partial charge in [0.1, 0.15) is 0 Å². The zero-order chi connectivity index (χ0) is 12.4. The molecule has 0 aliphatic rings. The molecule has 0 radical (unpaired) electrons. The molecule has 1 aromatic carbocycles. The van der Waals surface area contributed by atoms with Crippen LogP contribution in [0.15, 0.2) is 29.0 Å². The Labute approximate surface area is 111 Å². The SMILES string of the molecule is Cc1cscc1C(Br)Cc1ccc(F)c(F)c1. The van der Waals surface area contributed by atoms with Crippen LogP contribution in [-0.4, -0.2) is 0 Å². The first-order valence-electron chi connectivity index (χ1n) is 5.18. The number of thiophene rings is 1. The molecule has 0 saturated heterocycles. The highest BCUT2D eigenvalue weighted by Crippen LogP contribution is 2.31. The molecule has 4 heteroatoms. The van der Waals surface area contributed by atoms with Gasteiger partial charge in [0.2, 0.25) is 0 Å². The fourth-order valence-corrected chi connectivity index (χ4v) is 3.62. The van der Waals surface area contributed by atoms with Crippen LogP contribution in [0.25, 0.3) is 0 Å². The summed E-state index contributed by atoms with van der Waals surface area (Å²) in [4.78, 5) is 0.138. The lowest BCUT2D eigenvalue weighted by Crippen LogP contribution is -1.97. The summed E-state index contributed by atoms with van der Waals surface area (Å²) in [5.74, 6) is -1.59. The molecule has 90 valence electrons. The van der Waals surface area contributed by atoms with E-state index in [1.165, 1.54) is 23.3 Å². The maximum Gasteiger partial charge on any atom is 0.159 e. The summed E-state index contributed by atoms with van der Waals surface area (Å²) in [6, 6.07) is 4.05. The van der Waals surface area contributed by atoms with E-state index in [1.807, 2.05) is 6.92 Å². The molecule has 0 spiro atoms. The summed E-state index contributed by atoms with van der Waals surface area (Å²) >= 11 is 5.23. The van der Waals surface area contributed by atoms with Gasteiger partial charge in [0.05, 0.1) is 0 Å². The van der Waals surface area contributed by atoms with Gasteiger partial charge in [-0.15, -0.1) is 0 Å². The van der Waals surface area contributed by atoms with Crippen molar-refractivity contribution < 1.29 is 8.78 Å². The Hall–Kier alpha value is -0.740. The lowest BCUT2D eigenvalue weighted by molar-refractivity contribution is 0.507. The van der Waals surface area contributed by atoms with Gasteiger partial charge in [-0.1, -0.05) is 22.0 Å². The molecule has 0 aliphatic carbocycles. The van der Waals surface area contributed by atoms with Crippen molar-refractivity contribution in [1.82, 2.24) is 0 Å². The van der Waals surface area contributed by atoms with Gasteiger partial charge in [0.25, 0.3) is 0 Å². The first-order valence-corrected chi connectivity index (χ1v) is 7.04. The number of halogens is 3. The zero-order valence-corrected chi connectivity index (χ0v) is 11.6. The van der Waals surface area contributed by atoms with Crippen LogP contribution in [0.2, 0.25) is 0 Å². The van der Waals surface area contributed by atoms with Crippen LogP contribution in [0.1, 0.15) is 21.5 Å². The second-order valence-corrected chi connectivity index (χ2v) is 5.78. The van der Waals surface area contributed by atoms with Gasteiger partial charge in [-0.05, 0) is 52.9 Å². The first-order chi connectivity index (χ1) is 8.08. The normalized spacial score (nSPS) is 12.7. The fraction of sp³-hybridized carbons (Fsp3) is 0.231. The van der Waals surface area contributed by atoms with Gasteiger partial charge in [-0.3, -0.25) is 0 Å². The van der Waals surface area contributed by atoms with Crippen molar-refractivity contribution in [2.24, 2.45) is 0 Å². The quantitative estimate of drug-likeness (QED) is 0.698. The van der Waals surface area contributed by atoms with Crippen molar-refractivity contribution in [2.45, 2.75) is 18.2 Å². The smallest absolute Gasteiger partial charge is 0.159 e. The molecule has 2 rings (SSSR count). The van der Waals surface area contributed by atoms with Gasteiger partial charge in [-0.2, -0.15) is 11.3 Å². The van der Waals surface area contributed by atoms with E-state index in [0.717, 1.165) is 5.56 Å². The number of aryl methyl sites for hydroxylation is 1. The van der Waals surface area contributed by atoms with Crippen molar-refractivity contribution in [2.75, 3.05) is 0 Å². The van der Waals surface area contributed by atoms with E-state index in [-0.39, 0.29) is 4.83 Å². The molecule has 0 N–H and O–H groups in total. The van der Waals surface area contributed by atoms with Crippen molar-refractivity contribution in [3.8, 4) is 0 Å². The zero-order valence-electron chi connectivity index (χ0n) is 9.21. The van der Waals surface area contributed by atoms with Gasteiger partial charge in [0, 0.05) is 4.83 Å². The predicted molar refractivity (Wildman–Crippen MR) is 70.8 cm³/mol. The van der Waals surface area contributed by atoms with Gasteiger partial charge in [-0.25, -0.2) is 8.78 Å². The Morgan fingerprint density at radius 1 is 1.24 bits per heavy atom. The van der Waals surface area contributed by atoms with Crippen molar-refractivity contribution in [3.63, 3.8) is 0 Å². The molecule has 1 aromatic heterocycles. The highest BCUT2D eigenvalue weighted by Gasteiger charge is 2.13. The van der Waals surface area contributed by atoms with Crippen molar-refractivity contribution >= 4 is 27.3 Å². The third kappa shape index (κ3) is 2.93. The molecule has 0 nitrogen and oxygen atoms in total. The minimum Gasteiger partial charge on any atom is -0.204 e. The standard InChI is InChI=1S/C13H11BrF2S/c1-8-6-17-7-10(8)11(14)4-9-2-3-12(15)13(16)5-9/h2-3,5-7,11H,4H2,1H3. The maximum absolute atomic E-state index is 13.1. The molecule has 0 saturated carbocycles. The van der Waals surface area contributed by atoms with Gasteiger partial charge < -0.3 is 0 Å². The molecule has 1 atom stereocenters. The molecular weight excluding hydrogens is 306 g/mol. The molecule has 17 heavy (non-hydrogen) atoms. The Morgan fingerprint density at radius 3 is 2.59 bits per heavy atom. The lowest BCUT2D eigenvalue weighted by atomic mass is 10.0. The van der Waals surface area contributed by atoms with Crippen LogP contribution in [-0.2, 0) is 6.42 Å². The van der Waals surface area contributed by atoms with Crippen LogP contribution in [0.4, 0.5) is 8.78 Å². The molecule has 0 aliphatic heterocycles. The van der Waals surface area contributed by atoms with Crippen molar-refractivity contribution in [3.05, 3.63) is 57.3 Å². The second-order valence-electron chi connectivity index (χ2n) is 3.93. The van der Waals surface area contributed by atoms with E-state index in [2.05, 4.69) is 26.7 Å². The minimum atomic E-state index is -0.799. The average molecular weight is 317 g/mol. The van der Waals surface area contributed by atoms with Gasteiger partial charge >= 0.3 is 0 Å². The summed E-state index contributed by atoms with van der Waals surface area (Å²) in [7, 11) is 0. The average Bonchev–Trinajstić information content (AvgIpc) is 2.70. The van der Waals surface area contributed by atoms with E-state index >= 15 is 0 Å². The number of alkyl halides is 1. The monoisotopic (exact) mass is 316 g/mol. The molecule has 0 fully saturated rings. The van der Waals surface area contributed by atoms with Gasteiger partial charge in [0.15, 0.2) is 11.6 Å². The summed E-state index contributed by atoms with van der Waals surface area (Å²) in [6.45, 7) is 2.05. The Balaban J connectivity index is 2.16. The molecule has 1 heterocycles. The summed E-state index contributed by atoms with van der Waals surface area (Å²) < 4.78 is 25.9. The van der Waals surface area contributed by atoms with Crippen LogP contribution < -0.4 is 0 Å². The summed E-state index contributed by atoms with van der Waals surface area (Å²) in [6.07, 6.45) is 0.648. The van der Waals surface area contributed by atoms with Crippen LogP contribution in [0.5, 0.6) is 0 Å². The van der Waals surface area contributed by atoms with E-state index in [0.29, 0.717) is 6.42 Å². The Kier molecular flexibility index (Phi) is 3.94. The molecule has 0 bridgehead atoms. The topological polar surface area (TPSA) is 0 Å². The van der Waals surface area contributed by atoms with E-state index in [4.69, 9.17) is 0 Å². The summed E-state index contributed by atoms with van der Waals surface area (Å²) in [5, 5.41) is 4.16. The molecule has 1 unspecified atom stereocenters. The fourth-order valence-electron chi connectivity index (χ4n) is 1.67. The highest BCUT2D eigenvalue weighted by molar-refractivity contribution is 9.09. The second kappa shape index (κ2) is 5.27. The number of benzene rings is 1. The van der Waals surface area contributed by atoms with E-state index < -0.39 is 11.6 Å². The summed E-state index contributed by atoms with van der Waals surface area (Å²) in [5.41, 5.74) is 3.22. The van der Waals surface area contributed by atoms with Crippen LogP contribution >= 0.6 is 27.3 Å². The third-order valence-corrected chi connectivity index (χ3v) is 4.33. The lowest BCUT2D eigenvalue weighted by Gasteiger charge is -2.10. The molecule has 0 amide bonds. The maximum atomic E-state index is 13.1. The third-order valence-electron chi connectivity index (χ3n) is 2.63. The first kappa shape index (κ1) is 12.7. The molecule has 2 aromatic rings. The molecular formula is C13H11BrF2S. The minimum absolute atomic E-state index is 0.138. The largest absolute Gasteiger partial charge is 0.204 e. The predicted octanol–water partition coefficient (Wildman–Crippen LogP) is 5.01. The van der Waals surface area contributed by atoms with Crippen LogP contribution in [0, 0.1) is 18.6 Å². The van der Waals surface area contributed by atoms with Crippen molar-refractivity contribution in [1.29, 1.82) is 0 Å². The number of hydrogen-bond donors (Lipinski definition) is 0. The number of hydrogen-bond acceptors (Lipinski definition) is 1. The van der Waals surface area contributed by atoms with E-state index in [9.17, 15) is 8.78 Å².